The van der Waals surface area contributed by atoms with E-state index >= 15 is 0 Å². The number of phenols is 1. The van der Waals surface area contributed by atoms with Crippen LogP contribution in [0.15, 0.2) is 72.8 Å². The van der Waals surface area contributed by atoms with Crippen molar-refractivity contribution in [3.8, 4) is 56.8 Å². The minimum Gasteiger partial charge on any atom is -0.507 e. The van der Waals surface area contributed by atoms with Gasteiger partial charge in [-0.3, -0.25) is 0 Å². The molecule has 54 heavy (non-hydrogen) atoms. The molecule has 0 spiro atoms. The lowest BCUT2D eigenvalue weighted by molar-refractivity contribution is 0.0107. The average molecular weight is 730 g/mol. The third-order valence-electron chi connectivity index (χ3n) is 9.97. The second-order valence-corrected chi connectivity index (χ2v) is 15.1. The second-order valence-electron chi connectivity index (χ2n) is 15.1. The summed E-state index contributed by atoms with van der Waals surface area (Å²) in [5.74, 6) is 2.41. The number of hydrogen-bond acceptors (Lipinski definition) is 7. The molecule has 0 amide bonds. The van der Waals surface area contributed by atoms with Crippen LogP contribution in [-0.4, -0.2) is 51.1 Å². The molecule has 0 aliphatic carbocycles. The van der Waals surface area contributed by atoms with Crippen LogP contribution < -0.4 is 4.74 Å². The van der Waals surface area contributed by atoms with Gasteiger partial charge in [0.05, 0.1) is 6.61 Å². The van der Waals surface area contributed by atoms with E-state index in [0.717, 1.165) is 51.8 Å². The number of aliphatic hydroxyl groups is 1. The fourth-order valence-corrected chi connectivity index (χ4v) is 6.95. The number of aryl methyl sites for hydroxylation is 4. The van der Waals surface area contributed by atoms with E-state index in [2.05, 4.69) is 84.9 Å². The van der Waals surface area contributed by atoms with E-state index in [0.29, 0.717) is 35.4 Å². The minimum atomic E-state index is -0.775. The number of ether oxygens (including phenoxy) is 2. The monoisotopic (exact) mass is 729 g/mol. The topological polar surface area (TPSA) is 97.6 Å². The van der Waals surface area contributed by atoms with Crippen LogP contribution in [0.1, 0.15) is 106 Å². The highest BCUT2D eigenvalue weighted by Crippen LogP contribution is 2.42. The highest BCUT2D eigenvalue weighted by atomic mass is 16.5. The van der Waals surface area contributed by atoms with Gasteiger partial charge in [0.25, 0.3) is 0 Å². The summed E-state index contributed by atoms with van der Waals surface area (Å²) in [6.45, 7) is 15.7. The smallest absolute Gasteiger partial charge is 0.164 e. The van der Waals surface area contributed by atoms with Crippen LogP contribution in [0.5, 0.6) is 11.5 Å². The van der Waals surface area contributed by atoms with Crippen LogP contribution in [0.3, 0.4) is 0 Å². The second kappa shape index (κ2) is 19.7. The summed E-state index contributed by atoms with van der Waals surface area (Å²) in [5.41, 5.74) is 9.55. The molecule has 1 atom stereocenters. The number of benzene rings is 4. The number of aromatic nitrogens is 3. The predicted octanol–water partition coefficient (Wildman–Crippen LogP) is 11.5. The molecule has 1 aromatic heterocycles. The fourth-order valence-electron chi connectivity index (χ4n) is 6.95. The van der Waals surface area contributed by atoms with Crippen LogP contribution in [-0.2, 0) is 4.74 Å². The van der Waals surface area contributed by atoms with Crippen molar-refractivity contribution in [3.63, 3.8) is 0 Å². The maximum atomic E-state index is 11.6. The molecule has 0 saturated heterocycles. The first kappa shape index (κ1) is 40.6. The van der Waals surface area contributed by atoms with Gasteiger partial charge in [-0.1, -0.05) is 138 Å². The van der Waals surface area contributed by atoms with E-state index in [1.807, 2.05) is 30.3 Å². The number of rotatable bonds is 19. The van der Waals surface area contributed by atoms with Crippen molar-refractivity contribution < 1.29 is 19.7 Å². The molecule has 0 fully saturated rings. The zero-order chi connectivity index (χ0) is 38.6. The average Bonchev–Trinajstić information content (AvgIpc) is 3.14. The van der Waals surface area contributed by atoms with Crippen molar-refractivity contribution >= 4 is 0 Å². The van der Waals surface area contributed by atoms with Crippen LogP contribution >= 0.6 is 0 Å². The Hall–Kier alpha value is -4.59. The summed E-state index contributed by atoms with van der Waals surface area (Å²) in [7, 11) is 0. The Morgan fingerprint density at radius 1 is 0.593 bits per heavy atom. The molecule has 0 aliphatic heterocycles. The molecule has 0 bridgehead atoms. The standard InChI is InChI=1S/C47H59N3O4/c1-8-9-10-11-12-13-14-17-24-53-29-36(51)30-54-44-28-43(52)42(27-41(44)31(2)3)39-18-15-16-19-40(39)47-49-45(37-22-20-32(4)25-34(37)6)48-46(50-47)38-23-21-33(5)26-35(38)7/h15-16,18-23,25-28,31,36,51-52H,8-14,17,24,29-30H2,1-7H3. The summed E-state index contributed by atoms with van der Waals surface area (Å²) < 4.78 is 11.9. The number of unbranched alkanes of at least 4 members (excludes halogenated alkanes) is 7. The SMILES string of the molecule is CCCCCCCCCCOCC(O)COc1cc(O)c(-c2ccccc2-c2nc(-c3ccc(C)cc3C)nc(-c3ccc(C)cc3C)n2)cc1C(C)C. The van der Waals surface area contributed by atoms with Gasteiger partial charge in [0, 0.05) is 34.9 Å². The van der Waals surface area contributed by atoms with Gasteiger partial charge in [-0.25, -0.2) is 15.0 Å². The molecular formula is C47H59N3O4. The first-order valence-corrected chi connectivity index (χ1v) is 19.8. The van der Waals surface area contributed by atoms with Gasteiger partial charge in [-0.15, -0.1) is 0 Å². The Kier molecular flexibility index (Phi) is 14.8. The molecule has 1 unspecified atom stereocenters. The zero-order valence-corrected chi connectivity index (χ0v) is 33.4. The summed E-state index contributed by atoms with van der Waals surface area (Å²) in [5, 5.41) is 22.2. The van der Waals surface area contributed by atoms with Gasteiger partial charge in [0.1, 0.15) is 24.2 Å². The molecule has 5 aromatic rings. The predicted molar refractivity (Wildman–Crippen MR) is 221 cm³/mol. The maximum Gasteiger partial charge on any atom is 0.164 e. The Morgan fingerprint density at radius 2 is 1.13 bits per heavy atom. The van der Waals surface area contributed by atoms with Crippen molar-refractivity contribution in [1.82, 2.24) is 15.0 Å². The molecule has 7 heteroatoms. The number of aliphatic hydroxyl groups excluding tert-OH is 1. The summed E-state index contributed by atoms with van der Waals surface area (Å²) >= 11 is 0. The lowest BCUT2D eigenvalue weighted by atomic mass is 9.92. The van der Waals surface area contributed by atoms with Gasteiger partial charge in [-0.2, -0.15) is 0 Å². The van der Waals surface area contributed by atoms with Crippen LogP contribution in [0.25, 0.3) is 45.3 Å². The Bertz CT molecular complexity index is 1920. The number of aromatic hydroxyl groups is 1. The number of hydrogen-bond donors (Lipinski definition) is 2. The molecule has 0 aliphatic rings. The zero-order valence-electron chi connectivity index (χ0n) is 33.4. The summed E-state index contributed by atoms with van der Waals surface area (Å²) in [4.78, 5) is 15.1. The third kappa shape index (κ3) is 10.8. The largest absolute Gasteiger partial charge is 0.507 e. The Labute approximate surface area is 322 Å². The molecule has 2 N–H and O–H groups in total. The van der Waals surface area contributed by atoms with Gasteiger partial charge in [0.15, 0.2) is 17.5 Å². The van der Waals surface area contributed by atoms with Crippen LogP contribution in [0.2, 0.25) is 0 Å². The van der Waals surface area contributed by atoms with Crippen LogP contribution in [0.4, 0.5) is 0 Å². The van der Waals surface area contributed by atoms with Crippen molar-refractivity contribution in [2.24, 2.45) is 0 Å². The number of nitrogens with zero attached hydrogens (tertiary/aromatic N) is 3. The molecular weight excluding hydrogens is 671 g/mol. The molecule has 0 saturated carbocycles. The normalized spacial score (nSPS) is 12.0. The highest BCUT2D eigenvalue weighted by molar-refractivity contribution is 5.85. The Morgan fingerprint density at radius 3 is 1.69 bits per heavy atom. The molecule has 5 rings (SSSR count). The van der Waals surface area contributed by atoms with Crippen molar-refractivity contribution in [1.29, 1.82) is 0 Å². The molecule has 7 nitrogen and oxygen atoms in total. The third-order valence-corrected chi connectivity index (χ3v) is 9.97. The number of phenolic OH excluding ortho intramolecular Hbond substituents is 1. The Balaban J connectivity index is 1.39. The lowest BCUT2D eigenvalue weighted by Crippen LogP contribution is -2.24. The van der Waals surface area contributed by atoms with E-state index in [4.69, 9.17) is 24.4 Å². The molecule has 1 heterocycles. The fraction of sp³-hybridized carbons (Fsp3) is 0.426. The van der Waals surface area contributed by atoms with E-state index in [-0.39, 0.29) is 24.9 Å². The van der Waals surface area contributed by atoms with Gasteiger partial charge in [0.2, 0.25) is 0 Å². The van der Waals surface area contributed by atoms with Gasteiger partial charge >= 0.3 is 0 Å². The van der Waals surface area contributed by atoms with Crippen molar-refractivity contribution in [3.05, 3.63) is 101 Å². The lowest BCUT2D eigenvalue weighted by Gasteiger charge is -2.20. The van der Waals surface area contributed by atoms with Crippen molar-refractivity contribution in [2.45, 2.75) is 112 Å². The van der Waals surface area contributed by atoms with E-state index in [1.54, 1.807) is 6.07 Å². The summed E-state index contributed by atoms with van der Waals surface area (Å²) in [6.07, 6.45) is 9.14. The van der Waals surface area contributed by atoms with Crippen LogP contribution in [0, 0.1) is 27.7 Å². The van der Waals surface area contributed by atoms with E-state index in [9.17, 15) is 10.2 Å². The molecule has 4 aromatic carbocycles. The van der Waals surface area contributed by atoms with Gasteiger partial charge < -0.3 is 19.7 Å². The first-order chi connectivity index (χ1) is 26.0. The molecule has 0 radical (unpaired) electrons. The first-order valence-electron chi connectivity index (χ1n) is 19.8. The highest BCUT2D eigenvalue weighted by Gasteiger charge is 2.21. The van der Waals surface area contributed by atoms with E-state index in [1.165, 1.54) is 49.7 Å². The maximum absolute atomic E-state index is 11.6. The van der Waals surface area contributed by atoms with Gasteiger partial charge in [-0.05, 0) is 68.4 Å². The minimum absolute atomic E-state index is 0.0692. The summed E-state index contributed by atoms with van der Waals surface area (Å²) in [6, 6.07) is 24.1. The quantitative estimate of drug-likeness (QED) is 0.0817. The van der Waals surface area contributed by atoms with E-state index < -0.39 is 6.10 Å². The van der Waals surface area contributed by atoms with Crippen molar-refractivity contribution in [2.75, 3.05) is 19.8 Å². The molecule has 286 valence electrons.